The first kappa shape index (κ1) is 13.4. The third-order valence-electron chi connectivity index (χ3n) is 3.77. The molecule has 0 radical (unpaired) electrons. The molecule has 1 aliphatic heterocycles. The van der Waals surface area contributed by atoms with E-state index < -0.39 is 0 Å². The zero-order valence-corrected chi connectivity index (χ0v) is 10.9. The fraction of sp³-hybridized carbons (Fsp3) is 0.600. The number of phenolic OH excluding ortho intramolecular Hbond substituents is 1. The van der Waals surface area contributed by atoms with Crippen molar-refractivity contribution in [3.8, 4) is 5.75 Å². The predicted octanol–water partition coefficient (Wildman–Crippen LogP) is 2.34. The van der Waals surface area contributed by atoms with Gasteiger partial charge in [0.2, 0.25) is 0 Å². The Balaban J connectivity index is 2.02. The molecule has 1 aromatic rings. The maximum Gasteiger partial charge on any atom is 0.119 e. The van der Waals surface area contributed by atoms with Crippen LogP contribution in [0.4, 0.5) is 0 Å². The summed E-state index contributed by atoms with van der Waals surface area (Å²) in [5, 5.41) is 19.4. The molecule has 3 nitrogen and oxygen atoms in total. The highest BCUT2D eigenvalue weighted by molar-refractivity contribution is 5.35. The largest absolute Gasteiger partial charge is 0.508 e. The average Bonchev–Trinajstić information content (AvgIpc) is 2.65. The van der Waals surface area contributed by atoms with Gasteiger partial charge in [0.05, 0.1) is 6.61 Å². The molecule has 100 valence electrons. The SMILES string of the molecule is OCC(CN1CCCCCC1)c1ccccc1O. The summed E-state index contributed by atoms with van der Waals surface area (Å²) in [6.07, 6.45) is 5.13. The molecule has 0 bridgehead atoms. The lowest BCUT2D eigenvalue weighted by Crippen LogP contribution is -2.31. The first-order chi connectivity index (χ1) is 8.81. The Morgan fingerprint density at radius 1 is 1.06 bits per heavy atom. The fourth-order valence-corrected chi connectivity index (χ4v) is 2.72. The highest BCUT2D eigenvalue weighted by Gasteiger charge is 2.18. The minimum Gasteiger partial charge on any atom is -0.508 e. The summed E-state index contributed by atoms with van der Waals surface area (Å²) in [6, 6.07) is 7.34. The molecule has 1 unspecified atom stereocenters. The number of aliphatic hydroxyl groups is 1. The van der Waals surface area contributed by atoms with Crippen molar-refractivity contribution in [2.75, 3.05) is 26.2 Å². The van der Waals surface area contributed by atoms with Crippen molar-refractivity contribution < 1.29 is 10.2 Å². The Hall–Kier alpha value is -1.06. The van der Waals surface area contributed by atoms with Gasteiger partial charge in [0.25, 0.3) is 0 Å². The van der Waals surface area contributed by atoms with E-state index in [9.17, 15) is 10.2 Å². The van der Waals surface area contributed by atoms with Crippen LogP contribution in [0.3, 0.4) is 0 Å². The standard InChI is InChI=1S/C15H23NO2/c17-12-13(14-7-3-4-8-15(14)18)11-16-9-5-1-2-6-10-16/h3-4,7-8,13,17-18H,1-2,5-6,9-12H2. The molecule has 1 aliphatic rings. The second-order valence-corrected chi connectivity index (χ2v) is 5.15. The van der Waals surface area contributed by atoms with Crippen molar-refractivity contribution in [2.24, 2.45) is 0 Å². The molecule has 0 amide bonds. The molecule has 0 saturated carbocycles. The minimum absolute atomic E-state index is 0.0179. The van der Waals surface area contributed by atoms with Crippen molar-refractivity contribution in [3.63, 3.8) is 0 Å². The van der Waals surface area contributed by atoms with Crippen LogP contribution in [0.1, 0.15) is 37.2 Å². The second kappa shape index (κ2) is 6.76. The molecular formula is C15H23NO2. The van der Waals surface area contributed by atoms with Gasteiger partial charge >= 0.3 is 0 Å². The normalized spacial score (nSPS) is 19.4. The van der Waals surface area contributed by atoms with Crippen LogP contribution >= 0.6 is 0 Å². The molecule has 2 N–H and O–H groups in total. The summed E-state index contributed by atoms with van der Waals surface area (Å²) >= 11 is 0. The molecule has 0 aliphatic carbocycles. The van der Waals surface area contributed by atoms with Gasteiger partial charge in [-0.05, 0) is 32.0 Å². The Labute approximate surface area is 109 Å². The van der Waals surface area contributed by atoms with E-state index in [4.69, 9.17) is 0 Å². The van der Waals surface area contributed by atoms with E-state index in [1.165, 1.54) is 25.7 Å². The van der Waals surface area contributed by atoms with Crippen molar-refractivity contribution in [1.82, 2.24) is 4.90 Å². The van der Waals surface area contributed by atoms with E-state index in [0.29, 0.717) is 5.75 Å². The molecule has 0 spiro atoms. The van der Waals surface area contributed by atoms with Crippen LogP contribution in [0.5, 0.6) is 5.75 Å². The van der Waals surface area contributed by atoms with Gasteiger partial charge in [-0.2, -0.15) is 0 Å². The monoisotopic (exact) mass is 249 g/mol. The Bertz CT molecular complexity index is 359. The van der Waals surface area contributed by atoms with Gasteiger partial charge in [0.1, 0.15) is 5.75 Å². The fourth-order valence-electron chi connectivity index (χ4n) is 2.72. The van der Waals surface area contributed by atoms with Crippen LogP contribution in [0.25, 0.3) is 0 Å². The maximum absolute atomic E-state index is 9.87. The van der Waals surface area contributed by atoms with Crippen molar-refractivity contribution >= 4 is 0 Å². The van der Waals surface area contributed by atoms with E-state index in [1.807, 2.05) is 18.2 Å². The second-order valence-electron chi connectivity index (χ2n) is 5.15. The van der Waals surface area contributed by atoms with Crippen LogP contribution in [0.15, 0.2) is 24.3 Å². The lowest BCUT2D eigenvalue weighted by molar-refractivity contribution is 0.202. The lowest BCUT2D eigenvalue weighted by atomic mass is 9.98. The molecule has 0 aromatic heterocycles. The summed E-state index contributed by atoms with van der Waals surface area (Å²) in [7, 11) is 0. The predicted molar refractivity (Wildman–Crippen MR) is 72.8 cm³/mol. The van der Waals surface area contributed by atoms with Gasteiger partial charge in [0, 0.05) is 18.0 Å². The molecular weight excluding hydrogens is 226 g/mol. The highest BCUT2D eigenvalue weighted by Crippen LogP contribution is 2.26. The van der Waals surface area contributed by atoms with Gasteiger partial charge < -0.3 is 15.1 Å². The number of phenols is 1. The number of likely N-dealkylation sites (tertiary alicyclic amines) is 1. The third-order valence-corrected chi connectivity index (χ3v) is 3.77. The molecule has 1 saturated heterocycles. The zero-order valence-electron chi connectivity index (χ0n) is 10.9. The third kappa shape index (κ3) is 3.47. The smallest absolute Gasteiger partial charge is 0.119 e. The van der Waals surface area contributed by atoms with Crippen LogP contribution in [0, 0.1) is 0 Å². The molecule has 1 heterocycles. The number of aliphatic hydroxyl groups excluding tert-OH is 1. The van der Waals surface area contributed by atoms with Crippen molar-refractivity contribution in [3.05, 3.63) is 29.8 Å². The van der Waals surface area contributed by atoms with E-state index >= 15 is 0 Å². The number of hydrogen-bond acceptors (Lipinski definition) is 3. The van der Waals surface area contributed by atoms with E-state index in [-0.39, 0.29) is 12.5 Å². The lowest BCUT2D eigenvalue weighted by Gasteiger charge is -2.25. The Morgan fingerprint density at radius 2 is 1.72 bits per heavy atom. The van der Waals surface area contributed by atoms with Crippen molar-refractivity contribution in [2.45, 2.75) is 31.6 Å². The van der Waals surface area contributed by atoms with E-state index in [1.54, 1.807) is 6.07 Å². The summed E-state index contributed by atoms with van der Waals surface area (Å²) in [5.74, 6) is 0.315. The van der Waals surface area contributed by atoms with Crippen molar-refractivity contribution in [1.29, 1.82) is 0 Å². The average molecular weight is 249 g/mol. The maximum atomic E-state index is 9.87. The number of para-hydroxylation sites is 1. The molecule has 3 heteroatoms. The number of nitrogens with zero attached hydrogens (tertiary/aromatic N) is 1. The Morgan fingerprint density at radius 3 is 2.33 bits per heavy atom. The zero-order chi connectivity index (χ0) is 12.8. The van der Waals surface area contributed by atoms with Gasteiger partial charge in [-0.3, -0.25) is 0 Å². The molecule has 18 heavy (non-hydrogen) atoms. The first-order valence-electron chi connectivity index (χ1n) is 6.92. The summed E-state index contributed by atoms with van der Waals surface area (Å²) in [4.78, 5) is 2.42. The first-order valence-corrected chi connectivity index (χ1v) is 6.92. The quantitative estimate of drug-likeness (QED) is 0.861. The summed E-state index contributed by atoms with van der Waals surface area (Å²) in [6.45, 7) is 3.16. The van der Waals surface area contributed by atoms with Gasteiger partial charge in [0.15, 0.2) is 0 Å². The van der Waals surface area contributed by atoms with Gasteiger partial charge in [-0.25, -0.2) is 0 Å². The van der Waals surface area contributed by atoms with E-state index in [0.717, 1.165) is 25.2 Å². The topological polar surface area (TPSA) is 43.7 Å². The van der Waals surface area contributed by atoms with Crippen LogP contribution < -0.4 is 0 Å². The summed E-state index contributed by atoms with van der Waals surface area (Å²) in [5.41, 5.74) is 0.865. The van der Waals surface area contributed by atoms with Crippen LogP contribution in [-0.2, 0) is 0 Å². The molecule has 1 fully saturated rings. The number of rotatable bonds is 4. The van der Waals surface area contributed by atoms with Gasteiger partial charge in [-0.15, -0.1) is 0 Å². The van der Waals surface area contributed by atoms with E-state index in [2.05, 4.69) is 4.90 Å². The molecule has 2 rings (SSSR count). The van der Waals surface area contributed by atoms with Crippen LogP contribution in [-0.4, -0.2) is 41.4 Å². The molecule has 1 atom stereocenters. The molecule has 1 aromatic carbocycles. The number of hydrogen-bond donors (Lipinski definition) is 2. The summed E-state index contributed by atoms with van der Waals surface area (Å²) < 4.78 is 0. The highest BCUT2D eigenvalue weighted by atomic mass is 16.3. The minimum atomic E-state index is 0.0179. The van der Waals surface area contributed by atoms with Gasteiger partial charge in [-0.1, -0.05) is 31.0 Å². The number of aromatic hydroxyl groups is 1. The van der Waals surface area contributed by atoms with Crippen LogP contribution in [0.2, 0.25) is 0 Å². The number of benzene rings is 1. The Kier molecular flexibility index (Phi) is 5.02.